The van der Waals surface area contributed by atoms with Crippen molar-refractivity contribution in [2.75, 3.05) is 5.73 Å². The molecule has 0 amide bonds. The van der Waals surface area contributed by atoms with Crippen molar-refractivity contribution in [2.24, 2.45) is 7.05 Å². The van der Waals surface area contributed by atoms with Crippen LogP contribution in [0.25, 0.3) is 12.2 Å². The number of hydrogen-bond acceptors (Lipinski definition) is 2. The maximum absolute atomic E-state index is 5.60. The van der Waals surface area contributed by atoms with E-state index in [1.54, 1.807) is 4.68 Å². The van der Waals surface area contributed by atoms with Crippen LogP contribution in [-0.2, 0) is 7.05 Å². The quantitative estimate of drug-likeness (QED) is 0.753. The molecule has 0 spiro atoms. The number of anilines is 1. The van der Waals surface area contributed by atoms with Crippen molar-refractivity contribution in [1.29, 1.82) is 0 Å². The zero-order chi connectivity index (χ0) is 10.7. The Hall–Kier alpha value is -2.03. The van der Waals surface area contributed by atoms with Crippen LogP contribution in [0.4, 0.5) is 5.69 Å². The van der Waals surface area contributed by atoms with E-state index in [1.165, 1.54) is 0 Å². The lowest BCUT2D eigenvalue weighted by molar-refractivity contribution is 0.765. The van der Waals surface area contributed by atoms with Gasteiger partial charge in [-0.3, -0.25) is 4.68 Å². The zero-order valence-corrected chi connectivity index (χ0v) is 8.59. The van der Waals surface area contributed by atoms with Crippen molar-refractivity contribution in [3.63, 3.8) is 0 Å². The number of rotatable bonds is 2. The average Bonchev–Trinajstić information content (AvgIpc) is 2.64. The first-order valence-electron chi connectivity index (χ1n) is 4.77. The van der Waals surface area contributed by atoms with Crippen LogP contribution in [0.1, 0.15) is 11.3 Å². The molecule has 2 rings (SSSR count). The van der Waals surface area contributed by atoms with Gasteiger partial charge in [-0.2, -0.15) is 5.10 Å². The molecular formula is C12H13N3. The molecular weight excluding hydrogens is 186 g/mol. The average molecular weight is 199 g/mol. The second-order valence-corrected chi connectivity index (χ2v) is 3.41. The summed E-state index contributed by atoms with van der Waals surface area (Å²) in [5.74, 6) is 0. The maximum Gasteiger partial charge on any atom is 0.0850 e. The van der Waals surface area contributed by atoms with Gasteiger partial charge in [0, 0.05) is 18.9 Å². The molecule has 2 aromatic rings. The van der Waals surface area contributed by atoms with Crippen LogP contribution in [0.15, 0.2) is 36.5 Å². The Morgan fingerprint density at radius 1 is 1.13 bits per heavy atom. The lowest BCUT2D eigenvalue weighted by atomic mass is 10.2. The number of benzene rings is 1. The van der Waals surface area contributed by atoms with E-state index in [2.05, 4.69) is 5.10 Å². The molecule has 1 heterocycles. The molecule has 0 atom stereocenters. The van der Waals surface area contributed by atoms with Crippen LogP contribution in [-0.4, -0.2) is 9.78 Å². The summed E-state index contributed by atoms with van der Waals surface area (Å²) in [6.45, 7) is 0. The topological polar surface area (TPSA) is 43.8 Å². The third-order valence-corrected chi connectivity index (χ3v) is 2.12. The summed E-state index contributed by atoms with van der Waals surface area (Å²) < 4.78 is 1.78. The SMILES string of the molecule is Cn1ccc(C=Cc2ccc(N)cc2)n1. The summed E-state index contributed by atoms with van der Waals surface area (Å²) in [7, 11) is 1.90. The predicted molar refractivity (Wildman–Crippen MR) is 63.0 cm³/mol. The Balaban J connectivity index is 2.14. The van der Waals surface area contributed by atoms with Gasteiger partial charge in [0.15, 0.2) is 0 Å². The smallest absolute Gasteiger partial charge is 0.0850 e. The van der Waals surface area contributed by atoms with E-state index in [0.717, 1.165) is 16.9 Å². The minimum Gasteiger partial charge on any atom is -0.399 e. The van der Waals surface area contributed by atoms with E-state index in [9.17, 15) is 0 Å². The van der Waals surface area contributed by atoms with E-state index in [-0.39, 0.29) is 0 Å². The van der Waals surface area contributed by atoms with Gasteiger partial charge in [0.2, 0.25) is 0 Å². The van der Waals surface area contributed by atoms with Crippen molar-refractivity contribution in [3.05, 3.63) is 47.8 Å². The summed E-state index contributed by atoms with van der Waals surface area (Å²) >= 11 is 0. The Morgan fingerprint density at radius 3 is 2.47 bits per heavy atom. The van der Waals surface area contributed by atoms with Crippen molar-refractivity contribution in [3.8, 4) is 0 Å². The van der Waals surface area contributed by atoms with Gasteiger partial charge < -0.3 is 5.73 Å². The Kier molecular flexibility index (Phi) is 2.54. The summed E-state index contributed by atoms with van der Waals surface area (Å²) in [5.41, 5.74) is 8.45. The molecule has 0 aliphatic carbocycles. The van der Waals surface area contributed by atoms with Gasteiger partial charge >= 0.3 is 0 Å². The highest BCUT2D eigenvalue weighted by atomic mass is 15.2. The number of nitrogens with two attached hydrogens (primary N) is 1. The standard InChI is InChI=1S/C12H13N3/c1-15-9-8-12(14-15)7-4-10-2-5-11(13)6-3-10/h2-9H,13H2,1H3. The molecule has 0 unspecified atom stereocenters. The molecule has 3 nitrogen and oxygen atoms in total. The number of aromatic nitrogens is 2. The summed E-state index contributed by atoms with van der Waals surface area (Å²) in [4.78, 5) is 0. The Bertz CT molecular complexity index is 466. The van der Waals surface area contributed by atoms with E-state index in [0.29, 0.717) is 0 Å². The molecule has 0 saturated carbocycles. The van der Waals surface area contributed by atoms with E-state index in [4.69, 9.17) is 5.73 Å². The largest absolute Gasteiger partial charge is 0.399 e. The third kappa shape index (κ3) is 2.47. The van der Waals surface area contributed by atoms with Crippen molar-refractivity contribution < 1.29 is 0 Å². The Labute approximate surface area is 88.8 Å². The lowest BCUT2D eigenvalue weighted by Crippen LogP contribution is -1.86. The van der Waals surface area contributed by atoms with Gasteiger partial charge in [-0.1, -0.05) is 18.2 Å². The molecule has 0 radical (unpaired) electrons. The molecule has 1 aromatic heterocycles. The first kappa shape index (κ1) is 9.52. The van der Waals surface area contributed by atoms with Crippen LogP contribution in [0.2, 0.25) is 0 Å². The van der Waals surface area contributed by atoms with E-state index in [1.807, 2.05) is 55.7 Å². The van der Waals surface area contributed by atoms with Crippen LogP contribution in [0.3, 0.4) is 0 Å². The fourth-order valence-corrected chi connectivity index (χ4v) is 1.31. The van der Waals surface area contributed by atoms with Crippen LogP contribution in [0, 0.1) is 0 Å². The first-order chi connectivity index (χ1) is 7.24. The highest BCUT2D eigenvalue weighted by Gasteiger charge is 1.91. The number of nitrogen functional groups attached to an aromatic ring is 1. The molecule has 0 bridgehead atoms. The predicted octanol–water partition coefficient (Wildman–Crippen LogP) is 2.17. The molecule has 3 heteroatoms. The fraction of sp³-hybridized carbons (Fsp3) is 0.0833. The van der Waals surface area contributed by atoms with Gasteiger partial charge in [0.05, 0.1) is 5.69 Å². The minimum atomic E-state index is 0.782. The highest BCUT2D eigenvalue weighted by Crippen LogP contribution is 2.09. The molecule has 15 heavy (non-hydrogen) atoms. The van der Waals surface area contributed by atoms with Gasteiger partial charge in [0.25, 0.3) is 0 Å². The summed E-state index contributed by atoms with van der Waals surface area (Å²) in [6, 6.07) is 9.70. The number of nitrogens with zero attached hydrogens (tertiary/aromatic N) is 2. The van der Waals surface area contributed by atoms with Crippen molar-refractivity contribution in [2.45, 2.75) is 0 Å². The maximum atomic E-state index is 5.60. The normalized spacial score (nSPS) is 11.0. The van der Waals surface area contributed by atoms with Crippen molar-refractivity contribution >= 4 is 17.8 Å². The van der Waals surface area contributed by atoms with E-state index >= 15 is 0 Å². The monoisotopic (exact) mass is 199 g/mol. The highest BCUT2D eigenvalue weighted by molar-refractivity contribution is 5.68. The molecule has 0 saturated heterocycles. The molecule has 1 aromatic carbocycles. The number of aryl methyl sites for hydroxylation is 1. The Morgan fingerprint density at radius 2 is 1.87 bits per heavy atom. The van der Waals surface area contributed by atoms with Gasteiger partial charge in [-0.05, 0) is 29.8 Å². The first-order valence-corrected chi connectivity index (χ1v) is 4.77. The van der Waals surface area contributed by atoms with Crippen LogP contribution < -0.4 is 5.73 Å². The van der Waals surface area contributed by atoms with Crippen molar-refractivity contribution in [1.82, 2.24) is 9.78 Å². The molecule has 0 fully saturated rings. The van der Waals surface area contributed by atoms with Crippen LogP contribution in [0.5, 0.6) is 0 Å². The lowest BCUT2D eigenvalue weighted by Gasteiger charge is -1.93. The van der Waals surface area contributed by atoms with Gasteiger partial charge in [-0.15, -0.1) is 0 Å². The molecule has 76 valence electrons. The zero-order valence-electron chi connectivity index (χ0n) is 8.59. The third-order valence-electron chi connectivity index (χ3n) is 2.12. The summed E-state index contributed by atoms with van der Waals surface area (Å²) in [5, 5.41) is 4.25. The van der Waals surface area contributed by atoms with Gasteiger partial charge in [-0.25, -0.2) is 0 Å². The second kappa shape index (κ2) is 4.00. The number of hydrogen-bond donors (Lipinski definition) is 1. The fourth-order valence-electron chi connectivity index (χ4n) is 1.31. The van der Waals surface area contributed by atoms with Crippen LogP contribution >= 0.6 is 0 Å². The van der Waals surface area contributed by atoms with E-state index < -0.39 is 0 Å². The molecule has 0 aliphatic heterocycles. The van der Waals surface area contributed by atoms with Gasteiger partial charge in [0.1, 0.15) is 0 Å². The molecule has 2 N–H and O–H groups in total. The molecule has 0 aliphatic rings. The minimum absolute atomic E-state index is 0.782. The summed E-state index contributed by atoms with van der Waals surface area (Å²) in [6.07, 6.45) is 5.91. The second-order valence-electron chi connectivity index (χ2n) is 3.41.